The van der Waals surface area contributed by atoms with E-state index in [2.05, 4.69) is 29.6 Å². The van der Waals surface area contributed by atoms with Crippen LogP contribution in [0.4, 0.5) is 0 Å². The predicted octanol–water partition coefficient (Wildman–Crippen LogP) is 2.69. The first-order valence-electron chi connectivity index (χ1n) is 6.22. The number of hydrogen-bond acceptors (Lipinski definition) is 2. The zero-order valence-electron chi connectivity index (χ0n) is 10.0. The number of rotatable bonds is 5. The summed E-state index contributed by atoms with van der Waals surface area (Å²) >= 11 is 0. The SMILES string of the molecule is COCCCNC1CCCc2ccccc21. The van der Waals surface area contributed by atoms with Gasteiger partial charge in [0.25, 0.3) is 0 Å². The maximum absolute atomic E-state index is 5.06. The van der Waals surface area contributed by atoms with Crippen LogP contribution in [-0.4, -0.2) is 20.3 Å². The highest BCUT2D eigenvalue weighted by Crippen LogP contribution is 2.29. The molecule has 0 fully saturated rings. The molecular weight excluding hydrogens is 198 g/mol. The quantitative estimate of drug-likeness (QED) is 0.769. The topological polar surface area (TPSA) is 21.3 Å². The van der Waals surface area contributed by atoms with Crippen molar-refractivity contribution in [2.75, 3.05) is 20.3 Å². The van der Waals surface area contributed by atoms with Crippen LogP contribution in [0.5, 0.6) is 0 Å². The van der Waals surface area contributed by atoms with Gasteiger partial charge in [-0.2, -0.15) is 0 Å². The van der Waals surface area contributed by atoms with Crippen LogP contribution in [-0.2, 0) is 11.2 Å². The normalized spacial score (nSPS) is 19.4. The molecule has 0 heterocycles. The van der Waals surface area contributed by atoms with Crippen LogP contribution < -0.4 is 5.32 Å². The van der Waals surface area contributed by atoms with E-state index in [0.717, 1.165) is 19.6 Å². The molecule has 0 bridgehead atoms. The van der Waals surface area contributed by atoms with Crippen molar-refractivity contribution in [3.05, 3.63) is 35.4 Å². The number of fused-ring (bicyclic) bond motifs is 1. The van der Waals surface area contributed by atoms with E-state index in [-0.39, 0.29) is 0 Å². The van der Waals surface area contributed by atoms with Crippen LogP contribution in [0.15, 0.2) is 24.3 Å². The summed E-state index contributed by atoms with van der Waals surface area (Å²) in [6, 6.07) is 9.38. The monoisotopic (exact) mass is 219 g/mol. The van der Waals surface area contributed by atoms with Crippen LogP contribution >= 0.6 is 0 Å². The first-order chi connectivity index (χ1) is 7.92. The predicted molar refractivity (Wildman–Crippen MR) is 66.6 cm³/mol. The van der Waals surface area contributed by atoms with Crippen LogP contribution in [0.1, 0.15) is 36.4 Å². The van der Waals surface area contributed by atoms with Gasteiger partial charge in [0.15, 0.2) is 0 Å². The van der Waals surface area contributed by atoms with Crippen molar-refractivity contribution in [3.63, 3.8) is 0 Å². The molecule has 1 atom stereocenters. The molecule has 16 heavy (non-hydrogen) atoms. The minimum atomic E-state index is 0.557. The summed E-state index contributed by atoms with van der Waals surface area (Å²) in [6.07, 6.45) is 4.91. The lowest BCUT2D eigenvalue weighted by atomic mass is 9.88. The Morgan fingerprint density at radius 1 is 1.38 bits per heavy atom. The van der Waals surface area contributed by atoms with Crippen LogP contribution in [0.2, 0.25) is 0 Å². The average Bonchev–Trinajstić information content (AvgIpc) is 2.35. The molecule has 1 unspecified atom stereocenters. The van der Waals surface area contributed by atoms with Crippen molar-refractivity contribution < 1.29 is 4.74 Å². The van der Waals surface area contributed by atoms with Gasteiger partial charge >= 0.3 is 0 Å². The van der Waals surface area contributed by atoms with Gasteiger partial charge in [-0.05, 0) is 43.4 Å². The third kappa shape index (κ3) is 2.83. The van der Waals surface area contributed by atoms with Gasteiger partial charge in [0, 0.05) is 19.8 Å². The lowest BCUT2D eigenvalue weighted by Crippen LogP contribution is -2.26. The first-order valence-corrected chi connectivity index (χ1v) is 6.22. The molecule has 1 aliphatic carbocycles. The Morgan fingerprint density at radius 2 is 2.25 bits per heavy atom. The van der Waals surface area contributed by atoms with Gasteiger partial charge in [0.2, 0.25) is 0 Å². The highest BCUT2D eigenvalue weighted by atomic mass is 16.5. The second-order valence-corrected chi connectivity index (χ2v) is 4.44. The molecule has 2 nitrogen and oxygen atoms in total. The second-order valence-electron chi connectivity index (χ2n) is 4.44. The van der Waals surface area contributed by atoms with Gasteiger partial charge < -0.3 is 10.1 Å². The van der Waals surface area contributed by atoms with Gasteiger partial charge in [0.05, 0.1) is 0 Å². The van der Waals surface area contributed by atoms with Gasteiger partial charge in [-0.25, -0.2) is 0 Å². The zero-order valence-corrected chi connectivity index (χ0v) is 10.0. The molecule has 0 spiro atoms. The highest BCUT2D eigenvalue weighted by Gasteiger charge is 2.18. The molecule has 1 aromatic rings. The summed E-state index contributed by atoms with van der Waals surface area (Å²) in [4.78, 5) is 0. The van der Waals surface area contributed by atoms with Crippen LogP contribution in [0, 0.1) is 0 Å². The summed E-state index contributed by atoms with van der Waals surface area (Å²) in [5.74, 6) is 0. The largest absolute Gasteiger partial charge is 0.385 e. The Morgan fingerprint density at radius 3 is 3.12 bits per heavy atom. The van der Waals surface area contributed by atoms with E-state index in [9.17, 15) is 0 Å². The number of nitrogens with one attached hydrogen (secondary N) is 1. The molecule has 0 saturated carbocycles. The number of aryl methyl sites for hydroxylation is 1. The molecule has 1 aliphatic rings. The second kappa shape index (κ2) is 6.02. The van der Waals surface area contributed by atoms with E-state index < -0.39 is 0 Å². The maximum atomic E-state index is 5.06. The molecule has 1 N–H and O–H groups in total. The van der Waals surface area contributed by atoms with E-state index in [1.54, 1.807) is 7.11 Å². The molecular formula is C14H21NO. The molecule has 0 amide bonds. The van der Waals surface area contributed by atoms with E-state index in [1.807, 2.05) is 0 Å². The van der Waals surface area contributed by atoms with Crippen molar-refractivity contribution in [2.24, 2.45) is 0 Å². The molecule has 2 heteroatoms. The number of hydrogen-bond donors (Lipinski definition) is 1. The summed E-state index contributed by atoms with van der Waals surface area (Å²) in [7, 11) is 1.76. The summed E-state index contributed by atoms with van der Waals surface area (Å²) in [5.41, 5.74) is 3.03. The van der Waals surface area contributed by atoms with Gasteiger partial charge in [0.1, 0.15) is 0 Å². The zero-order chi connectivity index (χ0) is 11.2. The molecule has 0 aliphatic heterocycles. The Kier molecular flexibility index (Phi) is 4.37. The molecule has 0 radical (unpaired) electrons. The Labute approximate surface area is 98.0 Å². The third-order valence-corrected chi connectivity index (χ3v) is 3.29. The van der Waals surface area contributed by atoms with Crippen molar-refractivity contribution in [3.8, 4) is 0 Å². The fraction of sp³-hybridized carbons (Fsp3) is 0.571. The number of benzene rings is 1. The lowest BCUT2D eigenvalue weighted by molar-refractivity contribution is 0.192. The van der Waals surface area contributed by atoms with E-state index in [1.165, 1.54) is 30.4 Å². The van der Waals surface area contributed by atoms with E-state index >= 15 is 0 Å². The van der Waals surface area contributed by atoms with Gasteiger partial charge in [-0.3, -0.25) is 0 Å². The first kappa shape index (κ1) is 11.6. The Balaban J connectivity index is 1.91. The summed E-state index contributed by atoms with van der Waals surface area (Å²) in [5, 5.41) is 3.63. The van der Waals surface area contributed by atoms with E-state index in [4.69, 9.17) is 4.74 Å². The van der Waals surface area contributed by atoms with E-state index in [0.29, 0.717) is 6.04 Å². The number of methoxy groups -OCH3 is 1. The van der Waals surface area contributed by atoms with Crippen molar-refractivity contribution in [2.45, 2.75) is 31.7 Å². The average molecular weight is 219 g/mol. The number of ether oxygens (including phenoxy) is 1. The molecule has 0 saturated heterocycles. The highest BCUT2D eigenvalue weighted by molar-refractivity contribution is 5.32. The Bertz CT molecular complexity index is 324. The van der Waals surface area contributed by atoms with Gasteiger partial charge in [-0.15, -0.1) is 0 Å². The molecule has 0 aromatic heterocycles. The van der Waals surface area contributed by atoms with Crippen LogP contribution in [0.3, 0.4) is 0 Å². The van der Waals surface area contributed by atoms with Crippen molar-refractivity contribution >= 4 is 0 Å². The smallest absolute Gasteiger partial charge is 0.0474 e. The van der Waals surface area contributed by atoms with Gasteiger partial charge in [-0.1, -0.05) is 24.3 Å². The summed E-state index contributed by atoms with van der Waals surface area (Å²) < 4.78 is 5.06. The third-order valence-electron chi connectivity index (χ3n) is 3.29. The van der Waals surface area contributed by atoms with Crippen LogP contribution in [0.25, 0.3) is 0 Å². The molecule has 2 rings (SSSR count). The summed E-state index contributed by atoms with van der Waals surface area (Å²) in [6.45, 7) is 1.90. The van der Waals surface area contributed by atoms with Crippen molar-refractivity contribution in [1.29, 1.82) is 0 Å². The van der Waals surface area contributed by atoms with Crippen molar-refractivity contribution in [1.82, 2.24) is 5.32 Å². The maximum Gasteiger partial charge on any atom is 0.0474 e. The Hall–Kier alpha value is -0.860. The molecule has 88 valence electrons. The fourth-order valence-corrected chi connectivity index (χ4v) is 2.46. The minimum Gasteiger partial charge on any atom is -0.385 e. The lowest BCUT2D eigenvalue weighted by Gasteiger charge is -2.26. The minimum absolute atomic E-state index is 0.557. The standard InChI is InChI=1S/C14H21NO/c1-16-11-5-10-15-14-9-4-7-12-6-2-3-8-13(12)14/h2-3,6,8,14-15H,4-5,7,9-11H2,1H3. The molecule has 1 aromatic carbocycles. The fourth-order valence-electron chi connectivity index (χ4n) is 2.46.